The number of amides is 1. The number of hydrogen-bond acceptors (Lipinski definition) is 7. The first-order valence-corrected chi connectivity index (χ1v) is 11.8. The van der Waals surface area contributed by atoms with Crippen LogP contribution in [0, 0.1) is 6.92 Å². The van der Waals surface area contributed by atoms with Gasteiger partial charge in [-0.2, -0.15) is 5.10 Å². The lowest BCUT2D eigenvalue weighted by atomic mass is 10.2. The highest BCUT2D eigenvalue weighted by Gasteiger charge is 2.17. The second-order valence-electron chi connectivity index (χ2n) is 7.53. The minimum absolute atomic E-state index is 0.116. The Labute approximate surface area is 208 Å². The van der Waals surface area contributed by atoms with Crippen LogP contribution >= 0.6 is 11.8 Å². The van der Waals surface area contributed by atoms with Crippen molar-refractivity contribution in [3.05, 3.63) is 83.9 Å². The molecule has 1 amide bonds. The van der Waals surface area contributed by atoms with E-state index in [0.29, 0.717) is 28.0 Å². The fraction of sp³-hybridized carbons (Fsp3) is 0.154. The van der Waals surface area contributed by atoms with E-state index in [1.54, 1.807) is 32.4 Å². The minimum atomic E-state index is -0.271. The molecule has 4 aromatic rings. The van der Waals surface area contributed by atoms with Crippen LogP contribution in [0.1, 0.15) is 11.1 Å². The van der Waals surface area contributed by atoms with Crippen LogP contribution in [-0.2, 0) is 4.79 Å². The van der Waals surface area contributed by atoms with Gasteiger partial charge in [0, 0.05) is 16.8 Å². The molecule has 0 aliphatic heterocycles. The lowest BCUT2D eigenvalue weighted by molar-refractivity contribution is -0.118. The lowest BCUT2D eigenvalue weighted by Crippen LogP contribution is -2.20. The fourth-order valence-corrected chi connectivity index (χ4v) is 4.08. The van der Waals surface area contributed by atoms with E-state index >= 15 is 0 Å². The first kappa shape index (κ1) is 24.0. The summed E-state index contributed by atoms with van der Waals surface area (Å²) < 4.78 is 12.5. The number of carbonyl (C=O) groups excluding carboxylic acids is 1. The minimum Gasteiger partial charge on any atom is -0.497 e. The van der Waals surface area contributed by atoms with Crippen molar-refractivity contribution in [1.29, 1.82) is 0 Å². The third kappa shape index (κ3) is 5.88. The first-order chi connectivity index (χ1) is 17.1. The average molecular weight is 488 g/mol. The van der Waals surface area contributed by atoms with Crippen LogP contribution in [-0.4, -0.2) is 46.9 Å². The van der Waals surface area contributed by atoms with E-state index in [0.717, 1.165) is 16.8 Å². The van der Waals surface area contributed by atoms with Gasteiger partial charge in [-0.3, -0.25) is 9.36 Å². The normalized spacial score (nSPS) is 10.9. The maximum atomic E-state index is 12.5. The topological polar surface area (TPSA) is 90.6 Å². The highest BCUT2D eigenvalue weighted by atomic mass is 32.2. The number of hydrazone groups is 1. The van der Waals surface area contributed by atoms with Gasteiger partial charge in [0.1, 0.15) is 11.5 Å². The second-order valence-corrected chi connectivity index (χ2v) is 8.48. The number of thioether (sulfide) groups is 1. The number of rotatable bonds is 9. The summed E-state index contributed by atoms with van der Waals surface area (Å²) in [6.07, 6.45) is 1.52. The molecule has 0 radical (unpaired) electrons. The van der Waals surface area contributed by atoms with Crippen LogP contribution in [0.25, 0.3) is 17.1 Å². The van der Waals surface area contributed by atoms with Gasteiger partial charge >= 0.3 is 0 Å². The van der Waals surface area contributed by atoms with E-state index in [2.05, 4.69) is 20.7 Å². The Hall–Kier alpha value is -4.11. The largest absolute Gasteiger partial charge is 0.497 e. The van der Waals surface area contributed by atoms with Crippen molar-refractivity contribution in [2.45, 2.75) is 12.1 Å². The molecule has 8 nitrogen and oxygen atoms in total. The third-order valence-corrected chi connectivity index (χ3v) is 6.05. The molecule has 178 valence electrons. The van der Waals surface area contributed by atoms with Gasteiger partial charge in [-0.25, -0.2) is 5.43 Å². The molecule has 1 N–H and O–H groups in total. The number of aryl methyl sites for hydroxylation is 1. The maximum Gasteiger partial charge on any atom is 0.250 e. The van der Waals surface area contributed by atoms with Crippen LogP contribution < -0.4 is 14.9 Å². The van der Waals surface area contributed by atoms with E-state index < -0.39 is 0 Å². The van der Waals surface area contributed by atoms with Crippen molar-refractivity contribution < 1.29 is 14.3 Å². The van der Waals surface area contributed by atoms with E-state index in [9.17, 15) is 4.79 Å². The highest BCUT2D eigenvalue weighted by Crippen LogP contribution is 2.28. The van der Waals surface area contributed by atoms with Crippen LogP contribution in [0.3, 0.4) is 0 Å². The van der Waals surface area contributed by atoms with Gasteiger partial charge in [0.25, 0.3) is 5.91 Å². The van der Waals surface area contributed by atoms with Crippen molar-refractivity contribution in [3.63, 3.8) is 0 Å². The summed E-state index contributed by atoms with van der Waals surface area (Å²) in [5, 5.41) is 13.4. The zero-order chi connectivity index (χ0) is 24.6. The summed E-state index contributed by atoms with van der Waals surface area (Å²) in [5.74, 6) is 1.84. The number of methoxy groups -OCH3 is 2. The van der Waals surface area contributed by atoms with Crippen LogP contribution in [0.15, 0.2) is 83.1 Å². The summed E-state index contributed by atoms with van der Waals surface area (Å²) in [6.45, 7) is 2.04. The van der Waals surface area contributed by atoms with Gasteiger partial charge in [0.2, 0.25) is 0 Å². The molecular formula is C26H25N5O3S. The summed E-state index contributed by atoms with van der Waals surface area (Å²) in [5.41, 5.74) is 6.25. The lowest BCUT2D eigenvalue weighted by Gasteiger charge is -2.10. The Bertz CT molecular complexity index is 1320. The molecule has 0 saturated carbocycles. The first-order valence-electron chi connectivity index (χ1n) is 10.8. The molecule has 0 unspecified atom stereocenters. The van der Waals surface area contributed by atoms with Crippen molar-refractivity contribution in [1.82, 2.24) is 20.2 Å². The van der Waals surface area contributed by atoms with Crippen LogP contribution in [0.5, 0.6) is 11.5 Å². The molecule has 1 heterocycles. The summed E-state index contributed by atoms with van der Waals surface area (Å²) >= 11 is 1.29. The standard InChI is InChI=1S/C26H25N5O3S/c1-18-9-11-21(12-10-18)31-25(19-7-5-4-6-8-19)29-30-26(31)35-17-24(32)28-27-16-20-15-22(33-2)13-14-23(20)34-3/h4-16H,17H2,1-3H3,(H,28,32). The molecule has 35 heavy (non-hydrogen) atoms. The Kier molecular flexibility index (Phi) is 7.79. The van der Waals surface area contributed by atoms with Crippen molar-refractivity contribution >= 4 is 23.9 Å². The van der Waals surface area contributed by atoms with Gasteiger partial charge in [-0.05, 0) is 37.3 Å². The molecule has 3 aromatic carbocycles. The van der Waals surface area contributed by atoms with E-state index in [-0.39, 0.29) is 11.7 Å². The Morgan fingerprint density at radius 3 is 2.51 bits per heavy atom. The number of hydrogen-bond donors (Lipinski definition) is 1. The molecule has 4 rings (SSSR count). The van der Waals surface area contributed by atoms with E-state index in [1.165, 1.54) is 18.0 Å². The van der Waals surface area contributed by atoms with Crippen LogP contribution in [0.2, 0.25) is 0 Å². The Morgan fingerprint density at radius 2 is 1.80 bits per heavy atom. The molecule has 9 heteroatoms. The molecule has 0 atom stereocenters. The number of nitrogens with one attached hydrogen (secondary N) is 1. The maximum absolute atomic E-state index is 12.5. The number of nitrogens with zero attached hydrogens (tertiary/aromatic N) is 4. The molecule has 1 aromatic heterocycles. The summed E-state index contributed by atoms with van der Waals surface area (Å²) in [4.78, 5) is 12.5. The van der Waals surface area contributed by atoms with Gasteiger partial charge in [-0.1, -0.05) is 59.8 Å². The molecule has 0 saturated heterocycles. The quantitative estimate of drug-likeness (QED) is 0.212. The second kappa shape index (κ2) is 11.3. The summed E-state index contributed by atoms with van der Waals surface area (Å²) in [6, 6.07) is 23.3. The van der Waals surface area contributed by atoms with Gasteiger partial charge < -0.3 is 9.47 Å². The van der Waals surface area contributed by atoms with Gasteiger partial charge in [0.15, 0.2) is 11.0 Å². The molecule has 0 bridgehead atoms. The van der Waals surface area contributed by atoms with E-state index in [4.69, 9.17) is 9.47 Å². The Morgan fingerprint density at radius 1 is 1.03 bits per heavy atom. The smallest absolute Gasteiger partial charge is 0.250 e. The fourth-order valence-electron chi connectivity index (χ4n) is 3.34. The average Bonchev–Trinajstić information content (AvgIpc) is 3.32. The van der Waals surface area contributed by atoms with Crippen molar-refractivity contribution in [2.75, 3.05) is 20.0 Å². The zero-order valence-corrected chi connectivity index (χ0v) is 20.5. The molecule has 0 spiro atoms. The SMILES string of the molecule is COc1ccc(OC)c(C=NNC(=O)CSc2nnc(-c3ccccc3)n2-c2ccc(C)cc2)c1. The highest BCUT2D eigenvalue weighted by molar-refractivity contribution is 7.99. The molecular weight excluding hydrogens is 462 g/mol. The number of aromatic nitrogens is 3. The van der Waals surface area contributed by atoms with Gasteiger partial charge in [-0.15, -0.1) is 10.2 Å². The van der Waals surface area contributed by atoms with Gasteiger partial charge in [0.05, 0.1) is 26.2 Å². The van der Waals surface area contributed by atoms with Crippen LogP contribution in [0.4, 0.5) is 0 Å². The molecule has 0 aliphatic carbocycles. The number of ether oxygens (including phenoxy) is 2. The molecule has 0 fully saturated rings. The predicted molar refractivity (Wildman–Crippen MR) is 138 cm³/mol. The van der Waals surface area contributed by atoms with Crippen molar-refractivity contribution in [2.24, 2.45) is 5.10 Å². The predicted octanol–water partition coefficient (Wildman–Crippen LogP) is 4.50. The monoisotopic (exact) mass is 487 g/mol. The van der Waals surface area contributed by atoms with E-state index in [1.807, 2.05) is 66.1 Å². The zero-order valence-electron chi connectivity index (χ0n) is 19.6. The van der Waals surface area contributed by atoms with Crippen molar-refractivity contribution in [3.8, 4) is 28.6 Å². The third-order valence-electron chi connectivity index (χ3n) is 5.12. The summed E-state index contributed by atoms with van der Waals surface area (Å²) in [7, 11) is 3.16. The molecule has 0 aliphatic rings. The number of benzene rings is 3. The number of carbonyl (C=O) groups is 1. The Balaban J connectivity index is 1.49.